The predicted molar refractivity (Wildman–Crippen MR) is 101 cm³/mol. The molecule has 0 spiro atoms. The Balaban J connectivity index is 1.61. The van der Waals surface area contributed by atoms with Crippen LogP contribution in [0.2, 0.25) is 5.02 Å². The van der Waals surface area contributed by atoms with E-state index in [9.17, 15) is 9.59 Å². The van der Waals surface area contributed by atoms with Crippen molar-refractivity contribution in [2.45, 2.75) is 25.8 Å². The van der Waals surface area contributed by atoms with Gasteiger partial charge in [-0.05, 0) is 48.6 Å². The number of hydrogen-bond donors (Lipinski definition) is 1. The molecule has 0 aliphatic heterocycles. The van der Waals surface area contributed by atoms with Crippen LogP contribution < -0.4 is 5.32 Å². The third-order valence-electron chi connectivity index (χ3n) is 4.45. The number of carbonyl (C=O) groups is 2. The molecule has 1 aliphatic rings. The molecule has 6 heteroatoms. The quantitative estimate of drug-likeness (QED) is 0.887. The van der Waals surface area contributed by atoms with Crippen LogP contribution in [0.3, 0.4) is 0 Å². The van der Waals surface area contributed by atoms with Gasteiger partial charge in [0.1, 0.15) is 0 Å². The number of halogens is 1. The van der Waals surface area contributed by atoms with Gasteiger partial charge in [0.25, 0.3) is 5.91 Å². The van der Waals surface area contributed by atoms with Crippen LogP contribution in [0.1, 0.15) is 32.1 Å². The lowest BCUT2D eigenvalue weighted by molar-refractivity contribution is -0.125. The summed E-state index contributed by atoms with van der Waals surface area (Å²) in [5.74, 6) is 0.0761. The van der Waals surface area contributed by atoms with E-state index in [0.717, 1.165) is 28.8 Å². The van der Waals surface area contributed by atoms with E-state index < -0.39 is 0 Å². The monoisotopic (exact) mass is 376 g/mol. The van der Waals surface area contributed by atoms with Crippen molar-refractivity contribution in [1.29, 1.82) is 0 Å². The predicted octanol–water partition coefficient (Wildman–Crippen LogP) is 3.52. The Morgan fingerprint density at radius 2 is 2.00 bits per heavy atom. The molecule has 1 aliphatic carbocycles. The number of carbonyl (C=O) groups excluding carboxylic acids is 2. The van der Waals surface area contributed by atoms with Gasteiger partial charge in [-0.25, -0.2) is 0 Å². The normalized spacial score (nSPS) is 16.2. The second kappa shape index (κ2) is 7.58. The highest BCUT2D eigenvalue weighted by atomic mass is 35.5. The summed E-state index contributed by atoms with van der Waals surface area (Å²) in [6.07, 6.45) is 2.40. The van der Waals surface area contributed by atoms with Crippen LogP contribution >= 0.6 is 22.9 Å². The Morgan fingerprint density at radius 3 is 2.68 bits per heavy atom. The number of nitrogens with zero attached hydrogens (tertiary/aromatic N) is 1. The molecule has 1 aromatic heterocycles. The van der Waals surface area contributed by atoms with E-state index in [1.807, 2.05) is 30.3 Å². The molecule has 1 heterocycles. The molecule has 0 radical (unpaired) electrons. The zero-order valence-corrected chi connectivity index (χ0v) is 15.9. The smallest absolute Gasteiger partial charge is 0.263 e. The van der Waals surface area contributed by atoms with Crippen LogP contribution in [0.25, 0.3) is 0 Å². The standard InChI is InChI=1S/C19H21ClN2O2S/c1-22(2)19(24)17-10-14-9-13(5-8-16(14)25-17)18(23)21-11-12-3-6-15(20)7-4-12/h3-4,6-7,10,13H,5,8-9,11H2,1-2H3,(H,21,23). The van der Waals surface area contributed by atoms with E-state index in [-0.39, 0.29) is 17.7 Å². The third-order valence-corrected chi connectivity index (χ3v) is 5.93. The van der Waals surface area contributed by atoms with Gasteiger partial charge < -0.3 is 10.2 Å². The van der Waals surface area contributed by atoms with Gasteiger partial charge in [0.05, 0.1) is 4.88 Å². The second-order valence-electron chi connectivity index (χ2n) is 6.54. The van der Waals surface area contributed by atoms with Gasteiger partial charge in [-0.1, -0.05) is 23.7 Å². The average molecular weight is 377 g/mol. The molecule has 1 unspecified atom stereocenters. The van der Waals surface area contributed by atoms with E-state index in [0.29, 0.717) is 18.0 Å². The molecule has 0 fully saturated rings. The van der Waals surface area contributed by atoms with Gasteiger partial charge in [-0.15, -0.1) is 11.3 Å². The Morgan fingerprint density at radius 1 is 1.28 bits per heavy atom. The minimum Gasteiger partial charge on any atom is -0.352 e. The molecular formula is C19H21ClN2O2S. The molecule has 4 nitrogen and oxygen atoms in total. The SMILES string of the molecule is CN(C)C(=O)c1cc2c(s1)CCC(C(=O)NCc1ccc(Cl)cc1)C2. The van der Waals surface area contributed by atoms with Gasteiger partial charge in [0.15, 0.2) is 0 Å². The van der Waals surface area contributed by atoms with Crippen molar-refractivity contribution in [3.05, 3.63) is 56.2 Å². The highest BCUT2D eigenvalue weighted by Crippen LogP contribution is 2.33. The van der Waals surface area contributed by atoms with Crippen molar-refractivity contribution in [2.75, 3.05) is 14.1 Å². The Labute approximate surface area is 156 Å². The molecule has 2 aromatic rings. The Hall–Kier alpha value is -1.85. The van der Waals surface area contributed by atoms with E-state index in [4.69, 9.17) is 11.6 Å². The fraction of sp³-hybridized carbons (Fsp3) is 0.368. The third kappa shape index (κ3) is 4.22. The van der Waals surface area contributed by atoms with Crippen molar-refractivity contribution in [3.63, 3.8) is 0 Å². The van der Waals surface area contributed by atoms with Crippen LogP contribution in [0, 0.1) is 5.92 Å². The number of thiophene rings is 1. The minimum atomic E-state index is -0.0308. The summed E-state index contributed by atoms with van der Waals surface area (Å²) in [6, 6.07) is 9.44. The first-order valence-corrected chi connectivity index (χ1v) is 9.49. The number of hydrogen-bond acceptors (Lipinski definition) is 3. The van der Waals surface area contributed by atoms with Crippen molar-refractivity contribution in [2.24, 2.45) is 5.92 Å². The maximum absolute atomic E-state index is 12.5. The topological polar surface area (TPSA) is 49.4 Å². The first-order chi connectivity index (χ1) is 11.9. The summed E-state index contributed by atoms with van der Waals surface area (Å²) >= 11 is 7.44. The van der Waals surface area contributed by atoms with E-state index in [1.165, 1.54) is 4.88 Å². The zero-order chi connectivity index (χ0) is 18.0. The van der Waals surface area contributed by atoms with Crippen LogP contribution in [0.5, 0.6) is 0 Å². The summed E-state index contributed by atoms with van der Waals surface area (Å²) < 4.78 is 0. The van der Waals surface area contributed by atoms with E-state index in [2.05, 4.69) is 5.32 Å². The summed E-state index contributed by atoms with van der Waals surface area (Å²) in [5.41, 5.74) is 2.18. The number of fused-ring (bicyclic) bond motifs is 1. The van der Waals surface area contributed by atoms with Crippen LogP contribution in [-0.2, 0) is 24.2 Å². The lowest BCUT2D eigenvalue weighted by atomic mass is 9.87. The lowest BCUT2D eigenvalue weighted by Gasteiger charge is -2.21. The largest absolute Gasteiger partial charge is 0.352 e. The fourth-order valence-corrected chi connectivity index (χ4v) is 4.36. The summed E-state index contributed by atoms with van der Waals surface area (Å²) in [4.78, 5) is 28.2. The van der Waals surface area contributed by atoms with Crippen molar-refractivity contribution < 1.29 is 9.59 Å². The van der Waals surface area contributed by atoms with Gasteiger partial charge in [0.2, 0.25) is 5.91 Å². The second-order valence-corrected chi connectivity index (χ2v) is 8.12. The summed E-state index contributed by atoms with van der Waals surface area (Å²) in [5, 5.41) is 3.70. The highest BCUT2D eigenvalue weighted by molar-refractivity contribution is 7.14. The number of nitrogens with one attached hydrogen (secondary N) is 1. The van der Waals surface area contributed by atoms with Gasteiger partial charge in [-0.3, -0.25) is 9.59 Å². The molecule has 0 saturated heterocycles. The number of rotatable bonds is 4. The van der Waals surface area contributed by atoms with Gasteiger partial charge in [0, 0.05) is 36.5 Å². The fourth-order valence-electron chi connectivity index (χ4n) is 3.01. The van der Waals surface area contributed by atoms with E-state index in [1.54, 1.807) is 30.3 Å². The molecular weight excluding hydrogens is 356 g/mol. The Bertz CT molecular complexity index is 783. The van der Waals surface area contributed by atoms with Gasteiger partial charge in [-0.2, -0.15) is 0 Å². The molecule has 0 saturated carbocycles. The first-order valence-electron chi connectivity index (χ1n) is 8.29. The lowest BCUT2D eigenvalue weighted by Crippen LogP contribution is -2.33. The van der Waals surface area contributed by atoms with Crippen LogP contribution in [0.4, 0.5) is 0 Å². The van der Waals surface area contributed by atoms with E-state index >= 15 is 0 Å². The van der Waals surface area contributed by atoms with Crippen LogP contribution in [-0.4, -0.2) is 30.8 Å². The Kier molecular flexibility index (Phi) is 5.45. The maximum Gasteiger partial charge on any atom is 0.263 e. The van der Waals surface area contributed by atoms with Crippen molar-refractivity contribution in [1.82, 2.24) is 10.2 Å². The molecule has 1 N–H and O–H groups in total. The van der Waals surface area contributed by atoms with Crippen molar-refractivity contribution >= 4 is 34.8 Å². The first kappa shape index (κ1) is 18.0. The number of benzene rings is 1. The molecule has 0 bridgehead atoms. The highest BCUT2D eigenvalue weighted by Gasteiger charge is 2.27. The average Bonchev–Trinajstić information content (AvgIpc) is 3.03. The molecule has 2 amide bonds. The number of aryl methyl sites for hydroxylation is 1. The molecule has 132 valence electrons. The zero-order valence-electron chi connectivity index (χ0n) is 14.3. The molecule has 25 heavy (non-hydrogen) atoms. The number of amides is 2. The maximum atomic E-state index is 12.5. The molecule has 3 rings (SSSR count). The van der Waals surface area contributed by atoms with Crippen molar-refractivity contribution in [3.8, 4) is 0 Å². The van der Waals surface area contributed by atoms with Crippen LogP contribution in [0.15, 0.2) is 30.3 Å². The summed E-state index contributed by atoms with van der Waals surface area (Å²) in [7, 11) is 3.52. The molecule has 1 atom stereocenters. The van der Waals surface area contributed by atoms with Gasteiger partial charge >= 0.3 is 0 Å². The summed E-state index contributed by atoms with van der Waals surface area (Å²) in [6.45, 7) is 0.507. The minimum absolute atomic E-state index is 0.0307. The molecule has 1 aromatic carbocycles.